The van der Waals surface area contributed by atoms with Gasteiger partial charge in [0.15, 0.2) is 5.82 Å². The summed E-state index contributed by atoms with van der Waals surface area (Å²) in [6.07, 6.45) is 0.953. The lowest BCUT2D eigenvalue weighted by Crippen LogP contribution is -2.31. The highest BCUT2D eigenvalue weighted by Crippen LogP contribution is 2.08. The highest BCUT2D eigenvalue weighted by Gasteiger charge is 2.16. The van der Waals surface area contributed by atoms with E-state index in [1.165, 1.54) is 0 Å². The van der Waals surface area contributed by atoms with Crippen LogP contribution in [0, 0.1) is 0 Å². The minimum atomic E-state index is -0.238. The van der Waals surface area contributed by atoms with E-state index in [2.05, 4.69) is 22.4 Å². The number of nitrogens with zero attached hydrogens (tertiary/aromatic N) is 5. The van der Waals surface area contributed by atoms with Crippen LogP contribution in [0.1, 0.15) is 31.7 Å². The molecule has 2 rings (SSSR count). The second-order valence-electron chi connectivity index (χ2n) is 5.25. The Labute approximate surface area is 136 Å². The second-order valence-corrected chi connectivity index (χ2v) is 5.25. The van der Waals surface area contributed by atoms with E-state index >= 15 is 0 Å². The number of carbonyl (C=O) groups is 1. The molecule has 0 aliphatic rings. The zero-order valence-corrected chi connectivity index (χ0v) is 13.7. The molecule has 1 heterocycles. The van der Waals surface area contributed by atoms with Gasteiger partial charge in [0, 0.05) is 13.1 Å². The minimum Gasteiger partial charge on any atom is -0.465 e. The maximum absolute atomic E-state index is 11.9. The van der Waals surface area contributed by atoms with Crippen molar-refractivity contribution in [1.29, 1.82) is 0 Å². The molecule has 0 atom stereocenters. The molecule has 0 unspecified atom stereocenters. The van der Waals surface area contributed by atoms with Crippen LogP contribution in [0.25, 0.3) is 0 Å². The molecule has 1 aromatic carbocycles. The number of ether oxygens (including phenoxy) is 1. The van der Waals surface area contributed by atoms with Gasteiger partial charge in [0.1, 0.15) is 0 Å². The predicted octanol–water partition coefficient (Wildman–Crippen LogP) is 1.65. The third kappa shape index (κ3) is 5.45. The van der Waals surface area contributed by atoms with Gasteiger partial charge in [-0.3, -0.25) is 9.69 Å². The van der Waals surface area contributed by atoms with Gasteiger partial charge in [0.25, 0.3) is 0 Å². The summed E-state index contributed by atoms with van der Waals surface area (Å²) in [6, 6.07) is 10.0. The fourth-order valence-electron chi connectivity index (χ4n) is 2.32. The molecular weight excluding hydrogens is 294 g/mol. The maximum Gasteiger partial charge on any atom is 0.320 e. The van der Waals surface area contributed by atoms with Gasteiger partial charge < -0.3 is 4.74 Å². The van der Waals surface area contributed by atoms with Crippen LogP contribution in [0.3, 0.4) is 0 Å². The molecule has 0 aliphatic heterocycles. The third-order valence-electron chi connectivity index (χ3n) is 3.31. The van der Waals surface area contributed by atoms with Crippen molar-refractivity contribution in [3.63, 3.8) is 0 Å². The molecule has 0 aliphatic carbocycles. The molecule has 0 saturated heterocycles. The van der Waals surface area contributed by atoms with Gasteiger partial charge >= 0.3 is 5.97 Å². The molecule has 124 valence electrons. The van der Waals surface area contributed by atoms with E-state index in [1.54, 1.807) is 11.6 Å². The number of aryl methyl sites for hydroxylation is 1. The van der Waals surface area contributed by atoms with E-state index in [4.69, 9.17) is 4.74 Å². The summed E-state index contributed by atoms with van der Waals surface area (Å²) in [5, 5.41) is 11.8. The molecule has 2 aromatic rings. The summed E-state index contributed by atoms with van der Waals surface area (Å²) in [5.74, 6) is 0.519. The van der Waals surface area contributed by atoms with Gasteiger partial charge in [-0.05, 0) is 29.3 Å². The Morgan fingerprint density at radius 1 is 1.22 bits per heavy atom. The zero-order valence-electron chi connectivity index (χ0n) is 13.7. The van der Waals surface area contributed by atoms with Crippen molar-refractivity contribution in [3.05, 3.63) is 41.7 Å². The first-order chi connectivity index (χ1) is 11.2. The maximum atomic E-state index is 11.9. The molecule has 1 aromatic heterocycles. The monoisotopic (exact) mass is 317 g/mol. The lowest BCUT2D eigenvalue weighted by atomic mass is 10.2. The zero-order chi connectivity index (χ0) is 16.5. The molecular formula is C16H23N5O2. The number of hydrogen-bond acceptors (Lipinski definition) is 6. The summed E-state index contributed by atoms with van der Waals surface area (Å²) in [7, 11) is 0. The number of hydrogen-bond donors (Lipinski definition) is 0. The van der Waals surface area contributed by atoms with E-state index < -0.39 is 0 Å². The van der Waals surface area contributed by atoms with E-state index in [-0.39, 0.29) is 12.5 Å². The Bertz CT molecular complexity index is 600. The molecule has 0 bridgehead atoms. The van der Waals surface area contributed by atoms with Gasteiger partial charge in [-0.1, -0.05) is 37.3 Å². The molecule has 0 radical (unpaired) electrons. The average molecular weight is 317 g/mol. The van der Waals surface area contributed by atoms with E-state index in [1.807, 2.05) is 35.2 Å². The Morgan fingerprint density at radius 3 is 2.70 bits per heavy atom. The van der Waals surface area contributed by atoms with E-state index in [0.29, 0.717) is 19.7 Å². The summed E-state index contributed by atoms with van der Waals surface area (Å²) in [4.78, 5) is 13.9. The quantitative estimate of drug-likeness (QED) is 0.655. The summed E-state index contributed by atoms with van der Waals surface area (Å²) < 4.78 is 6.85. The number of aromatic nitrogens is 4. The second kappa shape index (κ2) is 8.99. The number of rotatable bonds is 9. The van der Waals surface area contributed by atoms with Crippen molar-refractivity contribution in [2.45, 2.75) is 39.9 Å². The van der Waals surface area contributed by atoms with Crippen molar-refractivity contribution < 1.29 is 9.53 Å². The van der Waals surface area contributed by atoms with Gasteiger partial charge in [-0.25, -0.2) is 4.68 Å². The van der Waals surface area contributed by atoms with Crippen molar-refractivity contribution in [3.8, 4) is 0 Å². The van der Waals surface area contributed by atoms with Crippen LogP contribution in [0.2, 0.25) is 0 Å². The highest BCUT2D eigenvalue weighted by molar-refractivity contribution is 5.71. The molecule has 7 nitrogen and oxygen atoms in total. The molecule has 0 saturated carbocycles. The lowest BCUT2D eigenvalue weighted by molar-refractivity contribution is -0.144. The average Bonchev–Trinajstić information content (AvgIpc) is 2.96. The Hall–Kier alpha value is -2.28. The van der Waals surface area contributed by atoms with E-state index in [0.717, 1.165) is 24.4 Å². The Balaban J connectivity index is 2.08. The molecule has 0 N–H and O–H groups in total. The molecule has 0 fully saturated rings. The van der Waals surface area contributed by atoms with Crippen LogP contribution in [0.4, 0.5) is 0 Å². The van der Waals surface area contributed by atoms with Gasteiger partial charge in [0.05, 0.1) is 19.7 Å². The van der Waals surface area contributed by atoms with Crippen LogP contribution in [-0.2, 0) is 29.2 Å². The van der Waals surface area contributed by atoms with Crippen LogP contribution in [0.15, 0.2) is 30.3 Å². The van der Waals surface area contributed by atoms with Crippen molar-refractivity contribution >= 4 is 5.97 Å². The smallest absolute Gasteiger partial charge is 0.320 e. The van der Waals surface area contributed by atoms with Crippen LogP contribution < -0.4 is 0 Å². The first-order valence-corrected chi connectivity index (χ1v) is 7.89. The van der Waals surface area contributed by atoms with E-state index in [9.17, 15) is 4.79 Å². The summed E-state index contributed by atoms with van der Waals surface area (Å²) in [5.41, 5.74) is 1.13. The third-order valence-corrected chi connectivity index (χ3v) is 3.31. The number of tetrazole rings is 1. The largest absolute Gasteiger partial charge is 0.465 e. The molecule has 23 heavy (non-hydrogen) atoms. The van der Waals surface area contributed by atoms with Crippen LogP contribution >= 0.6 is 0 Å². The van der Waals surface area contributed by atoms with Crippen molar-refractivity contribution in [2.24, 2.45) is 0 Å². The van der Waals surface area contributed by atoms with Gasteiger partial charge in [0.2, 0.25) is 0 Å². The topological polar surface area (TPSA) is 73.1 Å². The number of esters is 1. The summed E-state index contributed by atoms with van der Waals surface area (Å²) >= 11 is 0. The Kier molecular flexibility index (Phi) is 6.68. The lowest BCUT2D eigenvalue weighted by Gasteiger charge is -2.20. The molecule has 0 spiro atoms. The minimum absolute atomic E-state index is 0.210. The molecule has 0 amide bonds. The fraction of sp³-hybridized carbons (Fsp3) is 0.500. The van der Waals surface area contributed by atoms with Crippen molar-refractivity contribution in [2.75, 3.05) is 13.2 Å². The number of carbonyl (C=O) groups excluding carboxylic acids is 1. The fourth-order valence-corrected chi connectivity index (χ4v) is 2.32. The highest BCUT2D eigenvalue weighted by atomic mass is 16.5. The number of benzene rings is 1. The Morgan fingerprint density at radius 2 is 2.00 bits per heavy atom. The summed E-state index contributed by atoms with van der Waals surface area (Å²) in [6.45, 7) is 6.38. The first-order valence-electron chi connectivity index (χ1n) is 7.89. The van der Waals surface area contributed by atoms with Crippen molar-refractivity contribution in [1.82, 2.24) is 25.1 Å². The van der Waals surface area contributed by atoms with Crippen LogP contribution in [-0.4, -0.2) is 44.2 Å². The van der Waals surface area contributed by atoms with Gasteiger partial charge in [-0.2, -0.15) is 0 Å². The van der Waals surface area contributed by atoms with Crippen LogP contribution in [0.5, 0.6) is 0 Å². The predicted molar refractivity (Wildman–Crippen MR) is 85.3 cm³/mol. The molecule has 7 heteroatoms. The normalized spacial score (nSPS) is 10.9. The standard InChI is InChI=1S/C16H23N5O2/c1-3-10-21-15(17-18-19-21)12-20(13-16(22)23-4-2)11-14-8-6-5-7-9-14/h5-9H,3-4,10-13H2,1-2H3. The van der Waals surface area contributed by atoms with Gasteiger partial charge in [-0.15, -0.1) is 5.10 Å². The SMILES string of the molecule is CCCn1nnnc1CN(CC(=O)OCC)Cc1ccccc1. The first kappa shape index (κ1) is 17.1.